The number of methoxy groups -OCH3 is 1. The molecule has 106 valence electrons. The van der Waals surface area contributed by atoms with Gasteiger partial charge in [-0.15, -0.1) is 0 Å². The molecule has 0 saturated heterocycles. The summed E-state index contributed by atoms with van der Waals surface area (Å²) in [5, 5.41) is 1.61. The van der Waals surface area contributed by atoms with Crippen molar-refractivity contribution in [1.82, 2.24) is 5.32 Å². The monoisotopic (exact) mass is 285 g/mol. The quantitative estimate of drug-likeness (QED) is 0.838. The Labute approximate surface area is 113 Å². The van der Waals surface area contributed by atoms with Crippen LogP contribution in [0.3, 0.4) is 0 Å². The molecule has 6 heteroatoms. The predicted molar refractivity (Wildman–Crippen MR) is 74.0 cm³/mol. The molecule has 0 aliphatic rings. The summed E-state index contributed by atoms with van der Waals surface area (Å²) in [6.45, 7) is 1.79. The van der Waals surface area contributed by atoms with Crippen molar-refractivity contribution >= 4 is 15.7 Å². The molecule has 5 nitrogen and oxygen atoms in total. The van der Waals surface area contributed by atoms with E-state index >= 15 is 0 Å². The van der Waals surface area contributed by atoms with Crippen LogP contribution in [0.25, 0.3) is 0 Å². The number of hydrogen-bond donors (Lipinski definition) is 1. The zero-order valence-electron chi connectivity index (χ0n) is 11.3. The van der Waals surface area contributed by atoms with E-state index in [1.165, 1.54) is 6.92 Å². The lowest BCUT2D eigenvalue weighted by Gasteiger charge is -2.10. The highest BCUT2D eigenvalue weighted by molar-refractivity contribution is 7.92. The van der Waals surface area contributed by atoms with Gasteiger partial charge in [0.05, 0.1) is 7.11 Å². The van der Waals surface area contributed by atoms with Gasteiger partial charge in [-0.25, -0.2) is 8.42 Å². The van der Waals surface area contributed by atoms with Crippen molar-refractivity contribution in [3.8, 4) is 5.75 Å². The average molecular weight is 285 g/mol. The maximum absolute atomic E-state index is 11.6. The molecule has 1 unspecified atom stereocenters. The van der Waals surface area contributed by atoms with E-state index in [2.05, 4.69) is 5.32 Å². The fourth-order valence-corrected chi connectivity index (χ4v) is 1.93. The second kappa shape index (κ2) is 6.56. The van der Waals surface area contributed by atoms with E-state index in [-0.39, 0.29) is 0 Å². The fourth-order valence-electron chi connectivity index (χ4n) is 1.46. The molecule has 0 saturated carbocycles. The first-order valence-corrected chi connectivity index (χ1v) is 7.89. The summed E-state index contributed by atoms with van der Waals surface area (Å²) in [5.74, 6) is 0.314. The summed E-state index contributed by atoms with van der Waals surface area (Å²) < 4.78 is 27.4. The highest BCUT2D eigenvalue weighted by atomic mass is 32.2. The number of carbonyl (C=O) groups is 1. The van der Waals surface area contributed by atoms with Crippen molar-refractivity contribution in [3.05, 3.63) is 29.8 Å². The lowest BCUT2D eigenvalue weighted by molar-refractivity contribution is -0.120. The first-order chi connectivity index (χ1) is 8.84. The molecule has 0 fully saturated rings. The minimum absolute atomic E-state index is 0.408. The normalized spacial score (nSPS) is 12.8. The van der Waals surface area contributed by atoms with Gasteiger partial charge in [0, 0.05) is 12.8 Å². The van der Waals surface area contributed by atoms with Gasteiger partial charge in [0.25, 0.3) is 0 Å². The zero-order valence-corrected chi connectivity index (χ0v) is 12.2. The summed E-state index contributed by atoms with van der Waals surface area (Å²) in [4.78, 5) is 11.6. The van der Waals surface area contributed by atoms with Crippen LogP contribution >= 0.6 is 0 Å². The summed E-state index contributed by atoms with van der Waals surface area (Å²) in [7, 11) is -1.74. The Kier molecular flexibility index (Phi) is 5.35. The Morgan fingerprint density at radius 1 is 1.32 bits per heavy atom. The molecule has 1 aromatic carbocycles. The standard InChI is InChI=1S/C13H19NO4S/c1-10(19(3,16)17)13(15)14-9-8-11-4-6-12(18-2)7-5-11/h4-7,10H,8-9H2,1-3H3,(H,14,15). The molecule has 0 bridgehead atoms. The smallest absolute Gasteiger partial charge is 0.238 e. The first kappa shape index (κ1) is 15.5. The molecule has 0 aromatic heterocycles. The second-order valence-electron chi connectivity index (χ2n) is 4.36. The van der Waals surface area contributed by atoms with Crippen LogP contribution in [-0.4, -0.2) is 39.5 Å². The number of carbonyl (C=O) groups excluding carboxylic acids is 1. The number of hydrogen-bond acceptors (Lipinski definition) is 4. The SMILES string of the molecule is COc1ccc(CCNC(=O)C(C)S(C)(=O)=O)cc1. The number of rotatable bonds is 6. The van der Waals surface area contributed by atoms with Crippen molar-refractivity contribution in [3.63, 3.8) is 0 Å². The van der Waals surface area contributed by atoms with Crippen molar-refractivity contribution in [1.29, 1.82) is 0 Å². The Morgan fingerprint density at radius 3 is 2.37 bits per heavy atom. The van der Waals surface area contributed by atoms with Crippen LogP contribution in [0, 0.1) is 0 Å². The number of sulfone groups is 1. The third kappa shape index (κ3) is 4.90. The fraction of sp³-hybridized carbons (Fsp3) is 0.462. The van der Waals surface area contributed by atoms with E-state index in [4.69, 9.17) is 4.74 Å². The predicted octanol–water partition coefficient (Wildman–Crippen LogP) is 0.787. The summed E-state index contributed by atoms with van der Waals surface area (Å²) in [5.41, 5.74) is 1.05. The van der Waals surface area contributed by atoms with Crippen LogP contribution < -0.4 is 10.1 Å². The van der Waals surface area contributed by atoms with Gasteiger partial charge < -0.3 is 10.1 Å². The molecule has 1 rings (SSSR count). The maximum atomic E-state index is 11.6. The molecule has 0 aliphatic heterocycles. The zero-order chi connectivity index (χ0) is 14.5. The summed E-state index contributed by atoms with van der Waals surface area (Å²) in [6.07, 6.45) is 1.70. The minimum Gasteiger partial charge on any atom is -0.497 e. The topological polar surface area (TPSA) is 72.5 Å². The van der Waals surface area contributed by atoms with E-state index in [0.717, 1.165) is 17.6 Å². The molecule has 0 radical (unpaired) electrons. The molecule has 1 N–H and O–H groups in total. The Balaban J connectivity index is 2.43. The molecule has 0 spiro atoms. The van der Waals surface area contributed by atoms with E-state index < -0.39 is 21.0 Å². The molecule has 1 atom stereocenters. The van der Waals surface area contributed by atoms with Gasteiger partial charge in [0.15, 0.2) is 9.84 Å². The van der Waals surface area contributed by atoms with Crippen LogP contribution in [0.4, 0.5) is 0 Å². The molecular formula is C13H19NO4S. The van der Waals surface area contributed by atoms with E-state index in [0.29, 0.717) is 13.0 Å². The molecule has 0 heterocycles. The molecular weight excluding hydrogens is 266 g/mol. The van der Waals surface area contributed by atoms with Gasteiger partial charge in [0.2, 0.25) is 5.91 Å². The number of benzene rings is 1. The lowest BCUT2D eigenvalue weighted by atomic mass is 10.1. The van der Waals surface area contributed by atoms with Gasteiger partial charge >= 0.3 is 0 Å². The molecule has 1 amide bonds. The largest absolute Gasteiger partial charge is 0.497 e. The Morgan fingerprint density at radius 2 is 1.89 bits per heavy atom. The maximum Gasteiger partial charge on any atom is 0.238 e. The highest BCUT2D eigenvalue weighted by Gasteiger charge is 2.22. The van der Waals surface area contributed by atoms with Crippen LogP contribution in [0.15, 0.2) is 24.3 Å². The number of amides is 1. The van der Waals surface area contributed by atoms with Crippen molar-refractivity contribution in [2.24, 2.45) is 0 Å². The number of ether oxygens (including phenoxy) is 1. The third-order valence-corrected chi connectivity index (χ3v) is 4.38. The summed E-state index contributed by atoms with van der Waals surface area (Å²) >= 11 is 0. The second-order valence-corrected chi connectivity index (χ2v) is 6.73. The van der Waals surface area contributed by atoms with Crippen LogP contribution in [0.2, 0.25) is 0 Å². The van der Waals surface area contributed by atoms with Crippen LogP contribution in [0.1, 0.15) is 12.5 Å². The first-order valence-electron chi connectivity index (χ1n) is 5.94. The van der Waals surface area contributed by atoms with E-state index in [1.807, 2.05) is 24.3 Å². The lowest BCUT2D eigenvalue weighted by Crippen LogP contribution is -2.38. The Hall–Kier alpha value is -1.56. The molecule has 19 heavy (non-hydrogen) atoms. The van der Waals surface area contributed by atoms with Gasteiger partial charge in [-0.1, -0.05) is 12.1 Å². The number of nitrogens with one attached hydrogen (secondary N) is 1. The van der Waals surface area contributed by atoms with Crippen molar-refractivity contribution in [2.45, 2.75) is 18.6 Å². The average Bonchev–Trinajstić information content (AvgIpc) is 2.37. The van der Waals surface area contributed by atoms with Crippen molar-refractivity contribution in [2.75, 3.05) is 19.9 Å². The van der Waals surface area contributed by atoms with E-state index in [1.54, 1.807) is 7.11 Å². The van der Waals surface area contributed by atoms with Crippen molar-refractivity contribution < 1.29 is 17.9 Å². The highest BCUT2D eigenvalue weighted by Crippen LogP contribution is 2.11. The van der Waals surface area contributed by atoms with Crippen LogP contribution in [0.5, 0.6) is 5.75 Å². The molecule has 0 aliphatic carbocycles. The molecule has 1 aromatic rings. The minimum atomic E-state index is -3.33. The van der Waals surface area contributed by atoms with Gasteiger partial charge in [-0.3, -0.25) is 4.79 Å². The van der Waals surface area contributed by atoms with Gasteiger partial charge in [0.1, 0.15) is 11.0 Å². The van der Waals surface area contributed by atoms with E-state index in [9.17, 15) is 13.2 Å². The third-order valence-electron chi connectivity index (χ3n) is 2.88. The van der Waals surface area contributed by atoms with Gasteiger partial charge in [-0.2, -0.15) is 0 Å². The van der Waals surface area contributed by atoms with Crippen LogP contribution in [-0.2, 0) is 21.1 Å². The summed E-state index contributed by atoms with van der Waals surface area (Å²) in [6, 6.07) is 7.50. The Bertz CT molecular complexity index is 522. The van der Waals surface area contributed by atoms with Gasteiger partial charge in [-0.05, 0) is 31.0 Å².